The molecule has 150 valence electrons. The van der Waals surface area contributed by atoms with E-state index in [0.717, 1.165) is 5.56 Å². The molecule has 0 radical (unpaired) electrons. The number of carbonyl (C=O) groups is 1. The van der Waals surface area contributed by atoms with Crippen LogP contribution in [0, 0.1) is 5.82 Å². The topological polar surface area (TPSA) is 74.4 Å². The summed E-state index contributed by atoms with van der Waals surface area (Å²) in [6.45, 7) is 0.271. The Morgan fingerprint density at radius 3 is 2.71 bits per heavy atom. The van der Waals surface area contributed by atoms with Crippen molar-refractivity contribution in [2.45, 2.75) is 45.3 Å². The summed E-state index contributed by atoms with van der Waals surface area (Å²) in [5.41, 5.74) is 6.43. The Balaban J connectivity index is 2.06. The van der Waals surface area contributed by atoms with Gasteiger partial charge in [0.15, 0.2) is 0 Å². The van der Waals surface area contributed by atoms with Crippen molar-refractivity contribution >= 4 is 5.91 Å². The molecule has 8 heteroatoms. The van der Waals surface area contributed by atoms with Crippen molar-refractivity contribution in [1.29, 1.82) is 0 Å². The number of nitrogens with two attached hydrogens (primary N) is 1. The zero-order valence-corrected chi connectivity index (χ0v) is 15.6. The number of nitrogens with zero attached hydrogens (tertiary/aromatic N) is 1. The molecule has 2 heterocycles. The molecule has 2 N–H and O–H groups in total. The van der Waals surface area contributed by atoms with E-state index in [1.54, 1.807) is 19.1 Å². The standard InChI is InChI=1S/C20H21F3N2O3/c1-3-11-4-5-12(15(21)8-11)14-9-16(17(24)26)25-18-13(14)6-7-20(2,28-18)10-27-19(22)23/h4-5,8-9,19H,3,6-7,10H2,1-2H3,(H2,24,26)/t20-/m0/s1. The lowest BCUT2D eigenvalue weighted by molar-refractivity contribution is -0.164. The third-order valence-corrected chi connectivity index (χ3v) is 4.83. The predicted molar refractivity (Wildman–Crippen MR) is 96.8 cm³/mol. The number of hydrogen-bond acceptors (Lipinski definition) is 4. The summed E-state index contributed by atoms with van der Waals surface area (Å²) >= 11 is 0. The molecule has 3 rings (SSSR count). The van der Waals surface area contributed by atoms with Gasteiger partial charge in [0.25, 0.3) is 5.91 Å². The first kappa shape index (κ1) is 20.1. The second-order valence-corrected chi connectivity index (χ2v) is 6.99. The van der Waals surface area contributed by atoms with Gasteiger partial charge in [0.05, 0.1) is 6.61 Å². The van der Waals surface area contributed by atoms with Crippen molar-refractivity contribution < 1.29 is 27.4 Å². The van der Waals surface area contributed by atoms with Crippen LogP contribution >= 0.6 is 0 Å². The minimum atomic E-state index is -2.92. The largest absolute Gasteiger partial charge is 0.469 e. The maximum atomic E-state index is 14.7. The minimum Gasteiger partial charge on any atom is -0.469 e. The van der Waals surface area contributed by atoms with Crippen molar-refractivity contribution in [3.05, 3.63) is 46.9 Å². The van der Waals surface area contributed by atoms with Gasteiger partial charge in [-0.05, 0) is 49.4 Å². The van der Waals surface area contributed by atoms with Crippen LogP contribution < -0.4 is 10.5 Å². The summed E-state index contributed by atoms with van der Waals surface area (Å²) < 4.78 is 49.8. The fraction of sp³-hybridized carbons (Fsp3) is 0.400. The molecule has 28 heavy (non-hydrogen) atoms. The maximum absolute atomic E-state index is 14.7. The van der Waals surface area contributed by atoms with E-state index in [9.17, 15) is 18.0 Å². The average molecular weight is 394 g/mol. The van der Waals surface area contributed by atoms with Gasteiger partial charge in [-0.15, -0.1) is 0 Å². The van der Waals surface area contributed by atoms with Crippen LogP contribution in [0.1, 0.15) is 41.9 Å². The van der Waals surface area contributed by atoms with Crippen LogP contribution in [0.15, 0.2) is 24.3 Å². The zero-order chi connectivity index (χ0) is 20.5. The van der Waals surface area contributed by atoms with E-state index in [-0.39, 0.29) is 18.2 Å². The van der Waals surface area contributed by atoms with Gasteiger partial charge in [-0.1, -0.05) is 19.1 Å². The first-order valence-electron chi connectivity index (χ1n) is 8.93. The van der Waals surface area contributed by atoms with Gasteiger partial charge in [0, 0.05) is 11.1 Å². The number of alkyl halides is 2. The van der Waals surface area contributed by atoms with Gasteiger partial charge in [-0.2, -0.15) is 8.78 Å². The smallest absolute Gasteiger partial charge is 0.345 e. The van der Waals surface area contributed by atoms with Crippen LogP contribution in [0.25, 0.3) is 11.1 Å². The Morgan fingerprint density at radius 1 is 1.36 bits per heavy atom. The van der Waals surface area contributed by atoms with E-state index in [1.807, 2.05) is 6.92 Å². The molecular formula is C20H21F3N2O3. The van der Waals surface area contributed by atoms with Crippen LogP contribution in [0.2, 0.25) is 0 Å². The second-order valence-electron chi connectivity index (χ2n) is 6.99. The molecule has 1 aliphatic rings. The molecule has 0 spiro atoms. The Labute approximate surface area is 160 Å². The number of fused-ring (bicyclic) bond motifs is 1. The highest BCUT2D eigenvalue weighted by atomic mass is 19.3. The highest BCUT2D eigenvalue weighted by molar-refractivity contribution is 5.93. The van der Waals surface area contributed by atoms with Crippen molar-refractivity contribution in [3.8, 4) is 17.0 Å². The fourth-order valence-electron chi connectivity index (χ4n) is 3.25. The number of amides is 1. The number of benzene rings is 1. The first-order valence-corrected chi connectivity index (χ1v) is 8.93. The highest BCUT2D eigenvalue weighted by Gasteiger charge is 2.36. The summed E-state index contributed by atoms with van der Waals surface area (Å²) in [4.78, 5) is 15.8. The average Bonchev–Trinajstić information content (AvgIpc) is 2.65. The molecule has 1 atom stereocenters. The van der Waals surface area contributed by atoms with Crippen LogP contribution in [-0.4, -0.2) is 29.7 Å². The van der Waals surface area contributed by atoms with Crippen molar-refractivity contribution in [1.82, 2.24) is 4.98 Å². The number of carbonyl (C=O) groups excluding carboxylic acids is 1. The molecule has 0 unspecified atom stereocenters. The first-order chi connectivity index (χ1) is 13.2. The number of halogens is 3. The van der Waals surface area contributed by atoms with E-state index < -0.39 is 23.9 Å². The minimum absolute atomic E-state index is 0.0804. The van der Waals surface area contributed by atoms with Gasteiger partial charge in [0.1, 0.15) is 17.1 Å². The van der Waals surface area contributed by atoms with E-state index >= 15 is 0 Å². The Hall–Kier alpha value is -2.61. The Bertz CT molecular complexity index is 905. The summed E-state index contributed by atoms with van der Waals surface area (Å²) in [6, 6.07) is 6.32. The third-order valence-electron chi connectivity index (χ3n) is 4.83. The molecule has 2 aromatic rings. The molecule has 5 nitrogen and oxygen atoms in total. The van der Waals surface area contributed by atoms with Gasteiger partial charge < -0.3 is 15.2 Å². The quantitative estimate of drug-likeness (QED) is 0.807. The van der Waals surface area contributed by atoms with Gasteiger partial charge in [-0.3, -0.25) is 4.79 Å². The summed E-state index contributed by atoms with van der Waals surface area (Å²) in [5.74, 6) is -1.15. The molecule has 0 saturated heterocycles. The van der Waals surface area contributed by atoms with E-state index in [4.69, 9.17) is 10.5 Å². The molecule has 1 aromatic heterocycles. The van der Waals surface area contributed by atoms with Crippen molar-refractivity contribution in [2.75, 3.05) is 6.61 Å². The molecular weight excluding hydrogens is 373 g/mol. The monoisotopic (exact) mass is 394 g/mol. The molecule has 0 fully saturated rings. The van der Waals surface area contributed by atoms with E-state index in [1.165, 1.54) is 12.1 Å². The summed E-state index contributed by atoms with van der Waals surface area (Å²) in [6.07, 6.45) is 1.45. The van der Waals surface area contributed by atoms with Gasteiger partial charge in [-0.25, -0.2) is 9.37 Å². The third kappa shape index (κ3) is 4.11. The molecule has 1 aliphatic heterocycles. The number of ether oxygens (including phenoxy) is 2. The maximum Gasteiger partial charge on any atom is 0.345 e. The van der Waals surface area contributed by atoms with Crippen LogP contribution in [-0.2, 0) is 17.6 Å². The van der Waals surface area contributed by atoms with E-state index in [2.05, 4.69) is 9.72 Å². The molecule has 1 amide bonds. The number of hydrogen-bond donors (Lipinski definition) is 1. The molecule has 0 saturated carbocycles. The number of aryl methyl sites for hydroxylation is 1. The van der Waals surface area contributed by atoms with Crippen molar-refractivity contribution in [2.24, 2.45) is 5.73 Å². The van der Waals surface area contributed by atoms with Crippen LogP contribution in [0.5, 0.6) is 5.88 Å². The number of pyridine rings is 1. The lowest BCUT2D eigenvalue weighted by Gasteiger charge is -2.35. The Morgan fingerprint density at radius 2 is 2.11 bits per heavy atom. The number of primary amides is 1. The van der Waals surface area contributed by atoms with Crippen molar-refractivity contribution in [3.63, 3.8) is 0 Å². The molecule has 1 aromatic carbocycles. The fourth-order valence-corrected chi connectivity index (χ4v) is 3.25. The van der Waals surface area contributed by atoms with Crippen LogP contribution in [0.4, 0.5) is 13.2 Å². The number of rotatable bonds is 6. The summed E-state index contributed by atoms with van der Waals surface area (Å²) in [7, 11) is 0. The lowest BCUT2D eigenvalue weighted by atomic mass is 9.89. The van der Waals surface area contributed by atoms with Gasteiger partial charge >= 0.3 is 6.61 Å². The van der Waals surface area contributed by atoms with Gasteiger partial charge in [0.2, 0.25) is 5.88 Å². The SMILES string of the molecule is CCc1ccc(-c2cc(C(N)=O)nc3c2CC[C@@](C)(COC(F)F)O3)c(F)c1. The Kier molecular flexibility index (Phi) is 5.60. The number of aromatic nitrogens is 1. The zero-order valence-electron chi connectivity index (χ0n) is 15.6. The second kappa shape index (κ2) is 7.79. The molecule has 0 bridgehead atoms. The van der Waals surface area contributed by atoms with E-state index in [0.29, 0.717) is 36.0 Å². The highest BCUT2D eigenvalue weighted by Crippen LogP contribution is 2.39. The van der Waals surface area contributed by atoms with Crippen LogP contribution in [0.3, 0.4) is 0 Å². The summed E-state index contributed by atoms with van der Waals surface area (Å²) in [5, 5.41) is 0. The normalized spacial score (nSPS) is 18.6. The molecule has 0 aliphatic carbocycles. The predicted octanol–water partition coefficient (Wildman–Crippen LogP) is 3.87. The lowest BCUT2D eigenvalue weighted by Crippen LogP contribution is -2.42.